The molecule has 4 aromatic carbocycles. The molecule has 0 amide bonds. The average Bonchev–Trinajstić information content (AvgIpc) is 3.22. The van der Waals surface area contributed by atoms with Gasteiger partial charge < -0.3 is 4.42 Å². The first-order valence-electron chi connectivity index (χ1n) is 12.2. The maximum atomic E-state index is 12.7. The molecule has 0 atom stereocenters. The Morgan fingerprint density at radius 3 is 1.92 bits per heavy atom. The monoisotopic (exact) mass is 527 g/mol. The van der Waals surface area contributed by atoms with E-state index in [9.17, 15) is 4.79 Å². The Labute approximate surface area is 229 Å². The molecule has 2 heterocycles. The van der Waals surface area contributed by atoms with E-state index >= 15 is 0 Å². The van der Waals surface area contributed by atoms with Gasteiger partial charge in [0.25, 0.3) is 0 Å². The molecule has 5 aromatic rings. The van der Waals surface area contributed by atoms with Crippen molar-refractivity contribution in [3.8, 4) is 0 Å². The number of rotatable bonds is 5. The second-order valence-corrected chi connectivity index (χ2v) is 8.94. The van der Waals surface area contributed by atoms with Gasteiger partial charge in [0.1, 0.15) is 5.58 Å². The molecular formula is C31H21N5O2S. The van der Waals surface area contributed by atoms with E-state index in [1.54, 1.807) is 12.1 Å². The maximum Gasteiger partial charge on any atom is 0.345 e. The Kier molecular flexibility index (Phi) is 6.59. The molecule has 6 rings (SSSR count). The highest BCUT2D eigenvalue weighted by molar-refractivity contribution is 7.80. The second kappa shape index (κ2) is 10.6. The molecule has 0 aliphatic carbocycles. The number of anilines is 1. The summed E-state index contributed by atoms with van der Waals surface area (Å²) in [6.07, 6.45) is 1.44. The molecule has 188 valence electrons. The first-order chi connectivity index (χ1) is 19.2. The zero-order valence-corrected chi connectivity index (χ0v) is 21.4. The Balaban J connectivity index is 1.52. The first kappa shape index (κ1) is 24.1. The number of amidine groups is 2. The summed E-state index contributed by atoms with van der Waals surface area (Å²) >= 11 is 5.93. The molecule has 1 fully saturated rings. The number of fused-ring (bicyclic) bond motifs is 1. The zero-order chi connectivity index (χ0) is 26.6. The van der Waals surface area contributed by atoms with Crippen molar-refractivity contribution in [3.63, 3.8) is 0 Å². The highest BCUT2D eigenvalue weighted by atomic mass is 32.1. The van der Waals surface area contributed by atoms with Crippen molar-refractivity contribution in [2.75, 3.05) is 4.90 Å². The minimum atomic E-state index is -0.498. The minimum absolute atomic E-state index is 0.287. The van der Waals surface area contributed by atoms with Gasteiger partial charge in [-0.1, -0.05) is 72.8 Å². The van der Waals surface area contributed by atoms with Crippen molar-refractivity contribution in [2.45, 2.75) is 0 Å². The summed E-state index contributed by atoms with van der Waals surface area (Å²) in [4.78, 5) is 24.4. The molecule has 1 aliphatic heterocycles. The molecule has 39 heavy (non-hydrogen) atoms. The van der Waals surface area contributed by atoms with Crippen molar-refractivity contribution < 1.29 is 4.42 Å². The fraction of sp³-hybridized carbons (Fsp3) is 0. The van der Waals surface area contributed by atoms with Crippen molar-refractivity contribution in [3.05, 3.63) is 137 Å². The van der Waals surface area contributed by atoms with Gasteiger partial charge in [0.05, 0.1) is 28.8 Å². The number of benzene rings is 4. The largest absolute Gasteiger partial charge is 0.422 e. The summed E-state index contributed by atoms with van der Waals surface area (Å²) in [5, 5.41) is 7.29. The summed E-state index contributed by atoms with van der Waals surface area (Å²) < 4.78 is 5.49. The lowest BCUT2D eigenvalue weighted by atomic mass is 10.2. The van der Waals surface area contributed by atoms with Crippen LogP contribution in [0.1, 0.15) is 5.56 Å². The average molecular weight is 528 g/mol. The summed E-state index contributed by atoms with van der Waals surface area (Å²) in [7, 11) is 0. The predicted molar refractivity (Wildman–Crippen MR) is 161 cm³/mol. The highest BCUT2D eigenvalue weighted by Crippen LogP contribution is 2.28. The van der Waals surface area contributed by atoms with E-state index in [0.717, 1.165) is 16.8 Å². The van der Waals surface area contributed by atoms with Crippen LogP contribution in [-0.2, 0) is 0 Å². The quantitative estimate of drug-likeness (QED) is 0.145. The third-order valence-corrected chi connectivity index (χ3v) is 6.32. The Bertz CT molecular complexity index is 1800. The molecule has 0 bridgehead atoms. The Morgan fingerprint density at radius 2 is 1.26 bits per heavy atom. The molecule has 8 heteroatoms. The molecule has 1 aliphatic rings. The topological polar surface area (TPSA) is 73.8 Å². The SMILES string of the molecule is O=c1oc2ccccc2cc1/C=N/N1C(=S)N(c2ccccc2)C(=Nc2ccccc2)C1=Nc1ccccc1. The molecule has 7 nitrogen and oxygen atoms in total. The lowest BCUT2D eigenvalue weighted by Gasteiger charge is -2.17. The van der Waals surface area contributed by atoms with Gasteiger partial charge in [-0.15, -0.1) is 0 Å². The molecule has 0 spiro atoms. The number of aliphatic imine (C=N–C) groups is 2. The van der Waals surface area contributed by atoms with Crippen molar-refractivity contribution in [2.24, 2.45) is 15.1 Å². The zero-order valence-electron chi connectivity index (χ0n) is 20.6. The minimum Gasteiger partial charge on any atom is -0.422 e. The summed E-state index contributed by atoms with van der Waals surface area (Å²) in [5.74, 6) is 0.921. The van der Waals surface area contributed by atoms with E-state index in [1.807, 2.05) is 114 Å². The number of hydrazone groups is 1. The van der Waals surface area contributed by atoms with E-state index < -0.39 is 5.63 Å². The number of hydrogen-bond donors (Lipinski definition) is 0. The van der Waals surface area contributed by atoms with E-state index in [4.69, 9.17) is 26.6 Å². The molecule has 1 aromatic heterocycles. The van der Waals surface area contributed by atoms with Crippen LogP contribution in [0.5, 0.6) is 0 Å². The van der Waals surface area contributed by atoms with Crippen LogP contribution in [0.3, 0.4) is 0 Å². The Morgan fingerprint density at radius 1 is 0.692 bits per heavy atom. The summed E-state index contributed by atoms with van der Waals surface area (Å²) in [5.41, 5.74) is 2.54. The van der Waals surface area contributed by atoms with E-state index in [2.05, 4.69) is 5.10 Å². The lowest BCUT2D eigenvalue weighted by Crippen LogP contribution is -2.31. The van der Waals surface area contributed by atoms with Gasteiger partial charge in [0, 0.05) is 5.39 Å². The molecule has 0 N–H and O–H groups in total. The standard InChI is InChI=1S/C31H21N5O2S/c37-30-23(20-22-12-10-11-19-27(22)38-30)21-32-36-29(34-25-15-6-2-7-16-25)28(33-24-13-4-1-5-14-24)35(31(36)39)26-17-8-3-9-18-26/h1-21H/b32-21+,33-28?,34-29?. The number of thiocarbonyl (C=S) groups is 1. The summed E-state index contributed by atoms with van der Waals surface area (Å²) in [6, 6.07) is 37.9. The van der Waals surface area contributed by atoms with Crippen LogP contribution < -0.4 is 10.5 Å². The maximum absolute atomic E-state index is 12.7. The molecule has 1 saturated heterocycles. The molecule has 0 radical (unpaired) electrons. The predicted octanol–water partition coefficient (Wildman–Crippen LogP) is 6.69. The summed E-state index contributed by atoms with van der Waals surface area (Å²) in [6.45, 7) is 0. The lowest BCUT2D eigenvalue weighted by molar-refractivity contribution is 0.559. The van der Waals surface area contributed by atoms with E-state index in [0.29, 0.717) is 28.1 Å². The number of para-hydroxylation sites is 4. The van der Waals surface area contributed by atoms with Crippen LogP contribution >= 0.6 is 12.2 Å². The second-order valence-electron chi connectivity index (χ2n) is 8.58. The first-order valence-corrected chi connectivity index (χ1v) is 12.6. The third-order valence-electron chi connectivity index (χ3n) is 5.96. The fourth-order valence-electron chi connectivity index (χ4n) is 4.12. The number of hydrogen-bond acceptors (Lipinski definition) is 6. The normalized spacial score (nSPS) is 15.7. The van der Waals surface area contributed by atoms with Crippen LogP contribution in [0, 0.1) is 0 Å². The number of nitrogens with zero attached hydrogens (tertiary/aromatic N) is 5. The van der Waals surface area contributed by atoms with Gasteiger partial charge >= 0.3 is 5.63 Å². The van der Waals surface area contributed by atoms with Gasteiger partial charge in [0.2, 0.25) is 10.9 Å². The fourth-order valence-corrected chi connectivity index (χ4v) is 4.44. The van der Waals surface area contributed by atoms with Crippen molar-refractivity contribution >= 4 is 63.2 Å². The van der Waals surface area contributed by atoms with Crippen molar-refractivity contribution in [1.29, 1.82) is 0 Å². The van der Waals surface area contributed by atoms with Crippen LogP contribution in [0.4, 0.5) is 17.1 Å². The van der Waals surface area contributed by atoms with Gasteiger partial charge in [-0.25, -0.2) is 14.8 Å². The van der Waals surface area contributed by atoms with Crippen LogP contribution in [0.25, 0.3) is 11.0 Å². The molecular weight excluding hydrogens is 506 g/mol. The van der Waals surface area contributed by atoms with E-state index in [1.165, 1.54) is 11.2 Å². The van der Waals surface area contributed by atoms with Crippen LogP contribution in [-0.4, -0.2) is 28.0 Å². The van der Waals surface area contributed by atoms with Crippen LogP contribution in [0.15, 0.2) is 146 Å². The third kappa shape index (κ3) is 5.01. The highest BCUT2D eigenvalue weighted by Gasteiger charge is 2.39. The smallest absolute Gasteiger partial charge is 0.345 e. The van der Waals surface area contributed by atoms with Gasteiger partial charge in [-0.05, 0) is 60.7 Å². The van der Waals surface area contributed by atoms with Crippen LogP contribution in [0.2, 0.25) is 0 Å². The van der Waals surface area contributed by atoms with Gasteiger partial charge in [-0.2, -0.15) is 10.1 Å². The van der Waals surface area contributed by atoms with Crippen molar-refractivity contribution in [1.82, 2.24) is 5.01 Å². The van der Waals surface area contributed by atoms with Gasteiger partial charge in [-0.3, -0.25) is 4.90 Å². The Hall–Kier alpha value is -5.21. The molecule has 0 saturated carbocycles. The van der Waals surface area contributed by atoms with Gasteiger partial charge in [0.15, 0.2) is 5.84 Å². The van der Waals surface area contributed by atoms with E-state index in [-0.39, 0.29) is 5.56 Å². The molecule has 0 unspecified atom stereocenters.